The van der Waals surface area contributed by atoms with Crippen molar-refractivity contribution in [1.29, 1.82) is 0 Å². The topological polar surface area (TPSA) is 80.3 Å². The Hall–Kier alpha value is -1.18. The van der Waals surface area contributed by atoms with E-state index in [-0.39, 0.29) is 10.9 Å². The number of nitrogens with one attached hydrogen (secondary N) is 2. The van der Waals surface area contributed by atoms with Gasteiger partial charge >= 0.3 is 0 Å². The molecule has 1 rings (SSSR count). The number of rotatable bonds is 10. The second-order valence-electron chi connectivity index (χ2n) is 4.87. The second kappa shape index (κ2) is 8.96. The molecule has 0 radical (unpaired) electrons. The van der Waals surface area contributed by atoms with E-state index in [0.717, 1.165) is 25.8 Å². The summed E-state index contributed by atoms with van der Waals surface area (Å²) in [6, 6.07) is 2.83. The van der Waals surface area contributed by atoms with Crippen molar-refractivity contribution in [1.82, 2.24) is 9.71 Å². The van der Waals surface area contributed by atoms with Gasteiger partial charge in [0.25, 0.3) is 0 Å². The summed E-state index contributed by atoms with van der Waals surface area (Å²) in [5.74, 6) is 0.568. The summed E-state index contributed by atoms with van der Waals surface area (Å²) in [5.41, 5.74) is 0. The fourth-order valence-corrected chi connectivity index (χ4v) is 3.21. The van der Waals surface area contributed by atoms with Crippen LogP contribution in [0.15, 0.2) is 23.2 Å². The maximum absolute atomic E-state index is 12.4. The molecule has 7 heteroatoms. The highest BCUT2D eigenvalue weighted by molar-refractivity contribution is 7.89. The first-order valence-electron chi connectivity index (χ1n) is 7.24. The molecule has 0 saturated heterocycles. The minimum atomic E-state index is -3.56. The highest BCUT2D eigenvalue weighted by Crippen LogP contribution is 2.14. The molecule has 21 heavy (non-hydrogen) atoms. The van der Waals surface area contributed by atoms with E-state index in [1.165, 1.54) is 12.3 Å². The number of hydrogen-bond acceptors (Lipinski definition) is 5. The molecule has 0 aliphatic carbocycles. The molecule has 1 aromatic rings. The van der Waals surface area contributed by atoms with Gasteiger partial charge in [-0.3, -0.25) is 0 Å². The lowest BCUT2D eigenvalue weighted by atomic mass is 10.2. The minimum Gasteiger partial charge on any atom is -0.383 e. The van der Waals surface area contributed by atoms with Crippen molar-refractivity contribution in [3.8, 4) is 0 Å². The van der Waals surface area contributed by atoms with Gasteiger partial charge in [0.15, 0.2) is 0 Å². The number of hydrogen-bond donors (Lipinski definition) is 2. The number of methoxy groups -OCH3 is 1. The van der Waals surface area contributed by atoms with Crippen molar-refractivity contribution >= 4 is 15.8 Å². The molecule has 2 N–H and O–H groups in total. The average Bonchev–Trinajstić information content (AvgIpc) is 2.45. The van der Waals surface area contributed by atoms with Crippen molar-refractivity contribution < 1.29 is 13.2 Å². The largest absolute Gasteiger partial charge is 0.383 e. The molecule has 0 saturated carbocycles. The van der Waals surface area contributed by atoms with Crippen molar-refractivity contribution in [2.45, 2.75) is 44.0 Å². The Morgan fingerprint density at radius 1 is 1.33 bits per heavy atom. The van der Waals surface area contributed by atoms with E-state index in [4.69, 9.17) is 4.74 Å². The Morgan fingerprint density at radius 3 is 2.71 bits per heavy atom. The first-order valence-corrected chi connectivity index (χ1v) is 8.73. The number of ether oxygens (including phenoxy) is 1. The molecule has 0 amide bonds. The predicted molar refractivity (Wildman–Crippen MR) is 83.9 cm³/mol. The Balaban J connectivity index is 2.85. The van der Waals surface area contributed by atoms with E-state index in [1.54, 1.807) is 13.2 Å². The molecular formula is C14H25N3O3S. The summed E-state index contributed by atoms with van der Waals surface area (Å²) in [5, 5.41) is 3.08. The van der Waals surface area contributed by atoms with Gasteiger partial charge in [0, 0.05) is 32.0 Å². The third-order valence-corrected chi connectivity index (χ3v) is 4.44. The molecule has 0 bridgehead atoms. The summed E-state index contributed by atoms with van der Waals surface area (Å²) in [6.45, 7) is 5.16. The Morgan fingerprint density at radius 2 is 2.10 bits per heavy atom. The number of nitrogens with zero attached hydrogens (tertiary/aromatic N) is 1. The molecule has 0 aliphatic heterocycles. The van der Waals surface area contributed by atoms with Gasteiger partial charge < -0.3 is 10.1 Å². The third-order valence-electron chi connectivity index (χ3n) is 2.92. The average molecular weight is 315 g/mol. The molecule has 1 heterocycles. The third kappa shape index (κ3) is 5.99. The first kappa shape index (κ1) is 17.9. The van der Waals surface area contributed by atoms with Gasteiger partial charge in [0.05, 0.1) is 11.5 Å². The smallest absolute Gasteiger partial charge is 0.241 e. The summed E-state index contributed by atoms with van der Waals surface area (Å²) >= 11 is 0. The van der Waals surface area contributed by atoms with E-state index in [2.05, 4.69) is 15.0 Å². The van der Waals surface area contributed by atoms with Crippen LogP contribution in [0.1, 0.15) is 33.1 Å². The molecule has 1 unspecified atom stereocenters. The van der Waals surface area contributed by atoms with Gasteiger partial charge in [-0.25, -0.2) is 18.1 Å². The van der Waals surface area contributed by atoms with Gasteiger partial charge in [0.1, 0.15) is 5.82 Å². The van der Waals surface area contributed by atoms with Crippen LogP contribution in [0.3, 0.4) is 0 Å². The molecule has 0 aliphatic rings. The van der Waals surface area contributed by atoms with Crippen LogP contribution in [0.5, 0.6) is 0 Å². The number of aromatic nitrogens is 1. The fourth-order valence-electron chi connectivity index (χ4n) is 1.94. The van der Waals surface area contributed by atoms with Crippen LogP contribution >= 0.6 is 0 Å². The standard InChI is InChI=1S/C14H25N3O3S/c1-4-6-12(11-20-3)17-21(18,19)13-7-9-16-14(10-13)15-8-5-2/h7,9-10,12,17H,4-6,8,11H2,1-3H3,(H,15,16). The summed E-state index contributed by atoms with van der Waals surface area (Å²) in [4.78, 5) is 4.33. The Kier molecular flexibility index (Phi) is 7.63. The van der Waals surface area contributed by atoms with Crippen molar-refractivity contribution in [2.75, 3.05) is 25.6 Å². The quantitative estimate of drug-likeness (QED) is 0.690. The number of sulfonamides is 1. The van der Waals surface area contributed by atoms with Crippen LogP contribution in [-0.4, -0.2) is 39.7 Å². The lowest BCUT2D eigenvalue weighted by Gasteiger charge is -2.17. The van der Waals surface area contributed by atoms with Crippen molar-refractivity contribution in [3.05, 3.63) is 18.3 Å². The lowest BCUT2D eigenvalue weighted by molar-refractivity contribution is 0.171. The van der Waals surface area contributed by atoms with Gasteiger partial charge in [-0.2, -0.15) is 0 Å². The maximum Gasteiger partial charge on any atom is 0.241 e. The summed E-state index contributed by atoms with van der Waals surface area (Å²) in [6.07, 6.45) is 4.07. The first-order chi connectivity index (χ1) is 10.0. The van der Waals surface area contributed by atoms with Crippen LogP contribution in [0.25, 0.3) is 0 Å². The van der Waals surface area contributed by atoms with Gasteiger partial charge in [-0.05, 0) is 18.9 Å². The normalized spacial score (nSPS) is 13.1. The SMILES string of the molecule is CCCNc1cc(S(=O)(=O)NC(CCC)COC)ccn1. The molecule has 0 spiro atoms. The highest BCUT2D eigenvalue weighted by atomic mass is 32.2. The monoisotopic (exact) mass is 315 g/mol. The van der Waals surface area contributed by atoms with Gasteiger partial charge in [-0.1, -0.05) is 20.3 Å². The van der Waals surface area contributed by atoms with E-state index in [1.807, 2.05) is 13.8 Å². The van der Waals surface area contributed by atoms with Crippen LogP contribution in [0, 0.1) is 0 Å². The van der Waals surface area contributed by atoms with Crippen LogP contribution in [0.4, 0.5) is 5.82 Å². The molecular weight excluding hydrogens is 290 g/mol. The summed E-state index contributed by atoms with van der Waals surface area (Å²) in [7, 11) is -2.00. The fraction of sp³-hybridized carbons (Fsp3) is 0.643. The lowest BCUT2D eigenvalue weighted by Crippen LogP contribution is -2.37. The number of pyridine rings is 1. The van der Waals surface area contributed by atoms with E-state index in [0.29, 0.717) is 12.4 Å². The van der Waals surface area contributed by atoms with Crippen LogP contribution < -0.4 is 10.0 Å². The molecule has 0 aromatic carbocycles. The summed E-state index contributed by atoms with van der Waals surface area (Å²) < 4.78 is 32.5. The van der Waals surface area contributed by atoms with Crippen LogP contribution in [0.2, 0.25) is 0 Å². The zero-order valence-electron chi connectivity index (χ0n) is 12.9. The van der Waals surface area contributed by atoms with E-state index < -0.39 is 10.0 Å². The van der Waals surface area contributed by atoms with E-state index in [9.17, 15) is 8.42 Å². The second-order valence-corrected chi connectivity index (χ2v) is 6.58. The molecule has 1 aromatic heterocycles. The van der Waals surface area contributed by atoms with Crippen molar-refractivity contribution in [3.63, 3.8) is 0 Å². The number of anilines is 1. The van der Waals surface area contributed by atoms with Crippen molar-refractivity contribution in [2.24, 2.45) is 0 Å². The Labute approximate surface area is 127 Å². The predicted octanol–water partition coefficient (Wildman–Crippen LogP) is 2.00. The molecule has 0 fully saturated rings. The molecule has 6 nitrogen and oxygen atoms in total. The Bertz CT molecular complexity index is 514. The highest BCUT2D eigenvalue weighted by Gasteiger charge is 2.20. The maximum atomic E-state index is 12.4. The molecule has 120 valence electrons. The van der Waals surface area contributed by atoms with Crippen LogP contribution in [-0.2, 0) is 14.8 Å². The zero-order chi connectivity index (χ0) is 15.7. The minimum absolute atomic E-state index is 0.216. The van der Waals surface area contributed by atoms with E-state index >= 15 is 0 Å². The van der Waals surface area contributed by atoms with Gasteiger partial charge in [0.2, 0.25) is 10.0 Å². The molecule has 1 atom stereocenters. The van der Waals surface area contributed by atoms with Gasteiger partial charge in [-0.15, -0.1) is 0 Å². The zero-order valence-corrected chi connectivity index (χ0v) is 13.7.